The maximum absolute atomic E-state index is 5.19. The summed E-state index contributed by atoms with van der Waals surface area (Å²) in [5.41, 5.74) is 1.33. The summed E-state index contributed by atoms with van der Waals surface area (Å²) in [5.74, 6) is 0.921. The molecule has 3 rings (SSSR count). The number of halogens is 1. The molecule has 1 aromatic carbocycles. The molecule has 3 aromatic rings. The van der Waals surface area contributed by atoms with Gasteiger partial charge in [0, 0.05) is 0 Å². The summed E-state index contributed by atoms with van der Waals surface area (Å²) in [6.07, 6.45) is 0. The van der Waals surface area contributed by atoms with E-state index in [-0.39, 0.29) is 0 Å². The molecule has 2 aromatic heterocycles. The van der Waals surface area contributed by atoms with Gasteiger partial charge < -0.3 is 0 Å². The third-order valence-corrected chi connectivity index (χ3v) is 8.50. The summed E-state index contributed by atoms with van der Waals surface area (Å²) in [7, 11) is 1.70. The van der Waals surface area contributed by atoms with E-state index in [2.05, 4.69) is 46.2 Å². The molecule has 2 heterocycles. The topological polar surface area (TPSA) is 9.23 Å². The second kappa shape index (κ2) is 4.76. The van der Waals surface area contributed by atoms with Crippen LogP contribution in [0.25, 0.3) is 19.0 Å². The van der Waals surface area contributed by atoms with Gasteiger partial charge in [0.15, 0.2) is 0 Å². The fourth-order valence-electron chi connectivity index (χ4n) is 1.73. The van der Waals surface area contributed by atoms with E-state index in [9.17, 15) is 0 Å². The first-order valence-electron chi connectivity index (χ1n) is 5.09. The number of hydrogen-bond donors (Lipinski definition) is 0. The van der Waals surface area contributed by atoms with E-state index in [1.165, 1.54) is 19.0 Å². The van der Waals surface area contributed by atoms with E-state index in [0.29, 0.717) is 14.5 Å². The Morgan fingerprint density at radius 1 is 1.18 bits per heavy atom. The molecule has 86 valence electrons. The molecular weight excluding hydrogens is 410 g/mol. The molecule has 17 heavy (non-hydrogen) atoms. The summed E-state index contributed by atoms with van der Waals surface area (Å²) >= 11 is 4.82. The zero-order chi connectivity index (χ0) is 11.8. The van der Waals surface area contributed by atoms with Crippen LogP contribution in [-0.2, 0) is 0 Å². The standard InChI is InChI=1S/C13H9IOSSe/c1-15-9-4-2-8(3-5-9)12-11(14)10-6-7-16-13(10)17-12/h2-7H,1H3. The summed E-state index contributed by atoms with van der Waals surface area (Å²) in [4.78, 5) is 0. The predicted molar refractivity (Wildman–Crippen MR) is 83.5 cm³/mol. The monoisotopic (exact) mass is 420 g/mol. The molecule has 0 aliphatic heterocycles. The van der Waals surface area contributed by atoms with E-state index in [0.717, 1.165) is 5.75 Å². The van der Waals surface area contributed by atoms with Gasteiger partial charge in [-0.2, -0.15) is 0 Å². The van der Waals surface area contributed by atoms with Crippen LogP contribution in [0.3, 0.4) is 0 Å². The van der Waals surface area contributed by atoms with Crippen molar-refractivity contribution in [1.82, 2.24) is 0 Å². The number of rotatable bonds is 2. The third-order valence-electron chi connectivity index (χ3n) is 2.61. The van der Waals surface area contributed by atoms with Crippen LogP contribution >= 0.6 is 33.9 Å². The second-order valence-corrected chi connectivity index (χ2v) is 8.31. The van der Waals surface area contributed by atoms with Crippen molar-refractivity contribution in [2.45, 2.75) is 0 Å². The fourth-order valence-corrected chi connectivity index (χ4v) is 7.34. The van der Waals surface area contributed by atoms with E-state index in [1.807, 2.05) is 23.5 Å². The third kappa shape index (κ3) is 2.08. The minimum atomic E-state index is 0.467. The quantitative estimate of drug-likeness (QED) is 0.446. The number of hydrogen-bond acceptors (Lipinski definition) is 2. The molecule has 0 atom stereocenters. The van der Waals surface area contributed by atoms with Crippen LogP contribution in [0.5, 0.6) is 5.75 Å². The van der Waals surface area contributed by atoms with Gasteiger partial charge in [0.25, 0.3) is 0 Å². The molecule has 1 nitrogen and oxygen atoms in total. The molecule has 0 spiro atoms. The van der Waals surface area contributed by atoms with E-state index in [1.54, 1.807) is 10.7 Å². The number of ether oxygens (including phenoxy) is 1. The van der Waals surface area contributed by atoms with Crippen LogP contribution in [-0.4, -0.2) is 21.6 Å². The van der Waals surface area contributed by atoms with Crippen molar-refractivity contribution in [3.05, 3.63) is 39.3 Å². The van der Waals surface area contributed by atoms with Crippen molar-refractivity contribution < 1.29 is 4.74 Å². The maximum atomic E-state index is 5.19. The van der Waals surface area contributed by atoms with Gasteiger partial charge in [0.1, 0.15) is 0 Å². The Hall–Kier alpha value is -0.291. The minimum absolute atomic E-state index is 0.467. The molecule has 0 amide bonds. The Bertz CT molecular complexity index is 654. The van der Waals surface area contributed by atoms with Gasteiger partial charge in [-0.15, -0.1) is 0 Å². The van der Waals surface area contributed by atoms with Gasteiger partial charge in [0.2, 0.25) is 0 Å². The van der Waals surface area contributed by atoms with Crippen LogP contribution in [0, 0.1) is 3.57 Å². The normalized spacial score (nSPS) is 10.9. The molecule has 0 unspecified atom stereocenters. The van der Waals surface area contributed by atoms with Gasteiger partial charge in [0.05, 0.1) is 0 Å². The molecule has 0 N–H and O–H groups in total. The second-order valence-electron chi connectivity index (χ2n) is 3.60. The summed E-state index contributed by atoms with van der Waals surface area (Å²) in [6, 6.07) is 10.6. The van der Waals surface area contributed by atoms with Crippen molar-refractivity contribution in [1.29, 1.82) is 0 Å². The Kier molecular flexibility index (Phi) is 3.30. The van der Waals surface area contributed by atoms with Gasteiger partial charge in [-0.1, -0.05) is 0 Å². The first-order chi connectivity index (χ1) is 8.29. The van der Waals surface area contributed by atoms with Crippen molar-refractivity contribution in [3.8, 4) is 15.8 Å². The SMILES string of the molecule is COc1ccc(-c2[se]c3sccc3c2I)cc1. The van der Waals surface area contributed by atoms with Crippen molar-refractivity contribution >= 4 is 57.4 Å². The molecule has 0 aliphatic carbocycles. The molecule has 0 bridgehead atoms. The zero-order valence-electron chi connectivity index (χ0n) is 9.07. The van der Waals surface area contributed by atoms with Gasteiger partial charge in [-0.25, -0.2) is 0 Å². The fraction of sp³-hybridized carbons (Fsp3) is 0.0769. The Morgan fingerprint density at radius 3 is 2.59 bits per heavy atom. The Labute approximate surface area is 123 Å². The zero-order valence-corrected chi connectivity index (χ0v) is 13.8. The van der Waals surface area contributed by atoms with Crippen molar-refractivity contribution in [3.63, 3.8) is 0 Å². The summed E-state index contributed by atoms with van der Waals surface area (Å²) < 4.78 is 9.67. The summed E-state index contributed by atoms with van der Waals surface area (Å²) in [6.45, 7) is 0. The number of benzene rings is 1. The molecule has 0 fully saturated rings. The van der Waals surface area contributed by atoms with E-state index >= 15 is 0 Å². The number of methoxy groups -OCH3 is 1. The Balaban J connectivity index is 2.12. The first kappa shape index (κ1) is 11.8. The van der Waals surface area contributed by atoms with Crippen molar-refractivity contribution in [2.24, 2.45) is 0 Å². The van der Waals surface area contributed by atoms with Crippen LogP contribution in [0.4, 0.5) is 0 Å². The molecule has 0 aliphatic rings. The van der Waals surface area contributed by atoms with E-state index in [4.69, 9.17) is 4.74 Å². The van der Waals surface area contributed by atoms with Gasteiger partial charge in [-0.3, -0.25) is 0 Å². The van der Waals surface area contributed by atoms with Crippen LogP contribution in [0.1, 0.15) is 0 Å². The van der Waals surface area contributed by atoms with Crippen molar-refractivity contribution in [2.75, 3.05) is 7.11 Å². The first-order valence-corrected chi connectivity index (χ1v) is 8.76. The summed E-state index contributed by atoms with van der Waals surface area (Å²) in [5, 5.41) is 3.64. The molecule has 0 saturated heterocycles. The predicted octanol–water partition coefficient (Wildman–Crippen LogP) is 4.24. The molecular formula is C13H9IOSSe. The average molecular weight is 419 g/mol. The molecule has 4 heteroatoms. The number of fused-ring (bicyclic) bond motifs is 1. The van der Waals surface area contributed by atoms with Crippen LogP contribution < -0.4 is 4.74 Å². The van der Waals surface area contributed by atoms with Gasteiger partial charge >= 0.3 is 124 Å². The average Bonchev–Trinajstić information content (AvgIpc) is 2.93. The van der Waals surface area contributed by atoms with Gasteiger partial charge in [-0.05, 0) is 0 Å². The molecule has 0 radical (unpaired) electrons. The molecule has 0 saturated carbocycles. The number of thiophene rings is 1. The Morgan fingerprint density at radius 2 is 1.94 bits per heavy atom. The van der Waals surface area contributed by atoms with E-state index < -0.39 is 0 Å². The van der Waals surface area contributed by atoms with Crippen LogP contribution in [0.2, 0.25) is 0 Å². The van der Waals surface area contributed by atoms with Crippen LogP contribution in [0.15, 0.2) is 35.7 Å².